The average molecular weight is 199 g/mol. The molecule has 0 radical (unpaired) electrons. The molecule has 0 amide bonds. The highest BCUT2D eigenvalue weighted by Crippen LogP contribution is 2.23. The van der Waals surface area contributed by atoms with Gasteiger partial charge in [-0.25, -0.2) is 0 Å². The summed E-state index contributed by atoms with van der Waals surface area (Å²) in [6.07, 6.45) is 0.875. The molecule has 13 heavy (non-hydrogen) atoms. The quantitative estimate of drug-likeness (QED) is 0.730. The van der Waals surface area contributed by atoms with Gasteiger partial charge in [0, 0.05) is 5.02 Å². The zero-order valence-electron chi connectivity index (χ0n) is 7.88. The molecule has 0 aliphatic carbocycles. The van der Waals surface area contributed by atoms with Crippen molar-refractivity contribution < 1.29 is 4.74 Å². The molecule has 0 aromatic heterocycles. The van der Waals surface area contributed by atoms with Gasteiger partial charge in [-0.15, -0.1) is 6.54 Å². The lowest BCUT2D eigenvalue weighted by Crippen LogP contribution is -1.95. The summed E-state index contributed by atoms with van der Waals surface area (Å²) in [5, 5.41) is 4.78. The van der Waals surface area contributed by atoms with E-state index in [1.807, 2.05) is 18.2 Å². The molecule has 0 spiro atoms. The van der Waals surface area contributed by atoms with Crippen LogP contribution in [-0.4, -0.2) is 20.7 Å². The fourth-order valence-corrected chi connectivity index (χ4v) is 1.37. The number of nitrogens with zero attached hydrogens (tertiary/aromatic N) is 1. The lowest BCUT2D eigenvalue weighted by atomic mass is 10.1. The van der Waals surface area contributed by atoms with Crippen LogP contribution in [0.2, 0.25) is 5.02 Å². The fourth-order valence-electron chi connectivity index (χ4n) is 1.17. The van der Waals surface area contributed by atoms with E-state index in [4.69, 9.17) is 16.3 Å². The van der Waals surface area contributed by atoms with Crippen LogP contribution in [0.25, 0.3) is 5.32 Å². The lowest BCUT2D eigenvalue weighted by Gasteiger charge is -2.13. The van der Waals surface area contributed by atoms with Gasteiger partial charge in [-0.2, -0.15) is 7.05 Å². The predicted octanol–water partition coefficient (Wildman–Crippen LogP) is 2.89. The smallest absolute Gasteiger partial charge is 0.122 e. The van der Waals surface area contributed by atoms with Crippen LogP contribution in [0.5, 0.6) is 5.75 Å². The summed E-state index contributed by atoms with van der Waals surface area (Å²) in [7, 11) is 3.47. The zero-order chi connectivity index (χ0) is 9.68. The molecule has 0 aliphatic rings. The van der Waals surface area contributed by atoms with E-state index in [9.17, 15) is 0 Å². The van der Waals surface area contributed by atoms with E-state index in [-0.39, 0.29) is 0 Å². The third-order valence-corrected chi connectivity index (χ3v) is 2.08. The van der Waals surface area contributed by atoms with E-state index < -0.39 is 0 Å². The zero-order valence-corrected chi connectivity index (χ0v) is 8.64. The number of hydrogen-bond acceptors (Lipinski definition) is 1. The molecule has 0 N–H and O–H groups in total. The first-order valence-corrected chi connectivity index (χ1v) is 4.53. The number of likely N-dealkylation sites (N-methyl/N-ethyl adjacent to an activating group) is 1. The van der Waals surface area contributed by atoms with E-state index in [0.717, 1.165) is 29.3 Å². The number of methoxy groups -OCH3 is 1. The molecule has 0 saturated heterocycles. The first kappa shape index (κ1) is 10.4. The Labute approximate surface area is 83.9 Å². The van der Waals surface area contributed by atoms with Crippen molar-refractivity contribution in [2.75, 3.05) is 20.7 Å². The summed E-state index contributed by atoms with van der Waals surface area (Å²) in [6.45, 7) is 0.802. The number of rotatable bonds is 4. The number of hydrogen-bond donors (Lipinski definition) is 0. The first-order valence-electron chi connectivity index (χ1n) is 4.16. The van der Waals surface area contributed by atoms with Gasteiger partial charge in [-0.05, 0) is 30.2 Å². The van der Waals surface area contributed by atoms with Gasteiger partial charge in [-0.3, -0.25) is 0 Å². The van der Waals surface area contributed by atoms with Gasteiger partial charge in [0.05, 0.1) is 7.11 Å². The first-order chi connectivity index (χ1) is 6.27. The Morgan fingerprint density at radius 3 is 2.85 bits per heavy atom. The van der Waals surface area contributed by atoms with Crippen molar-refractivity contribution in [2.45, 2.75) is 6.42 Å². The van der Waals surface area contributed by atoms with Crippen LogP contribution in [0.3, 0.4) is 0 Å². The van der Waals surface area contributed by atoms with Gasteiger partial charge in [0.15, 0.2) is 0 Å². The van der Waals surface area contributed by atoms with E-state index >= 15 is 0 Å². The second-order valence-electron chi connectivity index (χ2n) is 2.75. The third-order valence-electron chi connectivity index (χ3n) is 1.85. The molecular weight excluding hydrogens is 186 g/mol. The van der Waals surface area contributed by atoms with Gasteiger partial charge >= 0.3 is 0 Å². The van der Waals surface area contributed by atoms with Crippen molar-refractivity contribution in [1.29, 1.82) is 0 Å². The molecule has 0 unspecified atom stereocenters. The Morgan fingerprint density at radius 2 is 2.23 bits per heavy atom. The standard InChI is InChI=1S/C10H13ClNO/c1-12-6-5-8-7-9(11)3-4-10(8)13-2/h3-4,7H,5-6H2,1-2H3/q-1. The molecule has 2 nitrogen and oxygen atoms in total. The maximum atomic E-state index is 5.87. The van der Waals surface area contributed by atoms with E-state index in [1.165, 1.54) is 0 Å². The maximum Gasteiger partial charge on any atom is 0.122 e. The van der Waals surface area contributed by atoms with Crippen LogP contribution in [0.4, 0.5) is 0 Å². The molecule has 0 saturated carbocycles. The molecule has 0 bridgehead atoms. The average Bonchev–Trinajstić information content (AvgIpc) is 2.15. The molecular formula is C10H13ClNO-. The van der Waals surface area contributed by atoms with Crippen LogP contribution in [0.1, 0.15) is 5.56 Å². The highest BCUT2D eigenvalue weighted by Gasteiger charge is 2.00. The third kappa shape index (κ3) is 2.90. The number of halogens is 1. The van der Waals surface area contributed by atoms with Crippen molar-refractivity contribution in [3.05, 3.63) is 34.1 Å². The Kier molecular flexibility index (Phi) is 4.06. The molecule has 72 valence electrons. The van der Waals surface area contributed by atoms with Crippen molar-refractivity contribution in [2.24, 2.45) is 0 Å². The summed E-state index contributed by atoms with van der Waals surface area (Å²) in [5.74, 6) is 0.882. The van der Waals surface area contributed by atoms with Gasteiger partial charge in [-0.1, -0.05) is 11.6 Å². The molecule has 0 fully saturated rings. The van der Waals surface area contributed by atoms with Crippen molar-refractivity contribution in [3.8, 4) is 5.75 Å². The lowest BCUT2D eigenvalue weighted by molar-refractivity contribution is 0.410. The predicted molar refractivity (Wildman–Crippen MR) is 55.9 cm³/mol. The highest BCUT2D eigenvalue weighted by molar-refractivity contribution is 6.30. The summed E-state index contributed by atoms with van der Waals surface area (Å²) in [4.78, 5) is 0. The Bertz CT molecular complexity index is 276. The van der Waals surface area contributed by atoms with Crippen LogP contribution in [-0.2, 0) is 6.42 Å². The van der Waals surface area contributed by atoms with Crippen molar-refractivity contribution in [1.82, 2.24) is 0 Å². The van der Waals surface area contributed by atoms with Gasteiger partial charge in [0.1, 0.15) is 5.75 Å². The molecule has 0 heterocycles. The summed E-state index contributed by atoms with van der Waals surface area (Å²) in [6, 6.07) is 5.63. The Balaban J connectivity index is 2.81. The van der Waals surface area contributed by atoms with Gasteiger partial charge < -0.3 is 10.1 Å². The highest BCUT2D eigenvalue weighted by atomic mass is 35.5. The SMILES string of the molecule is C[N-]CCc1cc(Cl)ccc1OC. The molecule has 1 aromatic carbocycles. The van der Waals surface area contributed by atoms with Gasteiger partial charge in [0.25, 0.3) is 0 Å². The molecule has 1 aromatic rings. The van der Waals surface area contributed by atoms with Crippen LogP contribution in [0.15, 0.2) is 18.2 Å². The molecule has 0 aliphatic heterocycles. The summed E-state index contributed by atoms with van der Waals surface area (Å²) < 4.78 is 5.20. The van der Waals surface area contributed by atoms with E-state index in [0.29, 0.717) is 0 Å². The monoisotopic (exact) mass is 198 g/mol. The minimum Gasteiger partial charge on any atom is -0.665 e. The minimum atomic E-state index is 0.743. The second kappa shape index (κ2) is 5.10. The van der Waals surface area contributed by atoms with Crippen LogP contribution < -0.4 is 4.74 Å². The fraction of sp³-hybridized carbons (Fsp3) is 0.400. The van der Waals surface area contributed by atoms with Crippen molar-refractivity contribution >= 4 is 11.6 Å². The maximum absolute atomic E-state index is 5.87. The van der Waals surface area contributed by atoms with Crippen molar-refractivity contribution in [3.63, 3.8) is 0 Å². The normalized spacial score (nSPS) is 10.1. The molecule has 3 heteroatoms. The van der Waals surface area contributed by atoms with Gasteiger partial charge in [0.2, 0.25) is 0 Å². The topological polar surface area (TPSA) is 23.3 Å². The Morgan fingerprint density at radius 1 is 1.46 bits per heavy atom. The summed E-state index contributed by atoms with van der Waals surface area (Å²) in [5.41, 5.74) is 1.11. The molecule has 1 rings (SSSR count). The van der Waals surface area contributed by atoms with E-state index in [2.05, 4.69) is 5.32 Å². The largest absolute Gasteiger partial charge is 0.665 e. The van der Waals surface area contributed by atoms with Crippen LogP contribution >= 0.6 is 11.6 Å². The van der Waals surface area contributed by atoms with Crippen LogP contribution in [0, 0.1) is 0 Å². The Hall–Kier alpha value is -0.730. The number of benzene rings is 1. The second-order valence-corrected chi connectivity index (χ2v) is 3.18. The number of ether oxygens (including phenoxy) is 1. The minimum absolute atomic E-state index is 0.743. The summed E-state index contributed by atoms with van der Waals surface area (Å²) >= 11 is 5.87. The molecule has 0 atom stereocenters. The van der Waals surface area contributed by atoms with E-state index in [1.54, 1.807) is 14.2 Å².